The molecule has 0 aromatic heterocycles. The molecule has 136 valence electrons. The Morgan fingerprint density at radius 2 is 1.54 bits per heavy atom. The van der Waals surface area contributed by atoms with Crippen LogP contribution in [0.1, 0.15) is 27.2 Å². The Bertz CT molecular complexity index is 723. The Balaban J connectivity index is 2.03. The third kappa shape index (κ3) is 3.66. The molecular weight excluding hydrogens is 340 g/mol. The van der Waals surface area contributed by atoms with E-state index in [2.05, 4.69) is 69.3 Å². The summed E-state index contributed by atoms with van der Waals surface area (Å²) in [5.74, 6) is -0.285. The number of hydrogen-bond donors (Lipinski definition) is 0. The number of hydrogen-bond acceptors (Lipinski definition) is 3. The van der Waals surface area contributed by atoms with Gasteiger partial charge in [-0.25, -0.2) is 4.79 Å². The number of cyclic esters (lactones) is 1. The van der Waals surface area contributed by atoms with E-state index in [1.165, 1.54) is 16.4 Å². The zero-order valence-electron chi connectivity index (χ0n) is 15.6. The van der Waals surface area contributed by atoms with E-state index in [1.54, 1.807) is 0 Å². The van der Waals surface area contributed by atoms with E-state index in [-0.39, 0.29) is 17.1 Å². The molecule has 2 aromatic carbocycles. The van der Waals surface area contributed by atoms with Gasteiger partial charge in [-0.1, -0.05) is 87.5 Å². The Labute approximate surface area is 156 Å². The molecule has 1 atom stereocenters. The number of rotatable bonds is 5. The Morgan fingerprint density at radius 3 is 2.00 bits per heavy atom. The van der Waals surface area contributed by atoms with Gasteiger partial charge < -0.3 is 9.16 Å². The molecule has 26 heavy (non-hydrogen) atoms. The largest absolute Gasteiger partial charge is 0.456 e. The van der Waals surface area contributed by atoms with Gasteiger partial charge in [0.2, 0.25) is 0 Å². The molecule has 0 unspecified atom stereocenters. The number of carbonyl (C=O) groups excluding carboxylic acids is 1. The maximum atomic E-state index is 11.6. The fraction of sp³-hybridized carbons (Fsp3) is 0.318. The molecule has 3 nitrogen and oxygen atoms in total. The predicted octanol–water partition coefficient (Wildman–Crippen LogP) is 3.43. The summed E-state index contributed by atoms with van der Waals surface area (Å²) in [5, 5.41) is 2.39. The highest BCUT2D eigenvalue weighted by Gasteiger charge is 2.50. The normalized spacial score (nSPS) is 17.8. The first kappa shape index (κ1) is 18.6. The van der Waals surface area contributed by atoms with Crippen molar-refractivity contribution >= 4 is 24.7 Å². The summed E-state index contributed by atoms with van der Waals surface area (Å²) >= 11 is 0. The molecule has 1 aliphatic heterocycles. The van der Waals surface area contributed by atoms with E-state index in [1.807, 2.05) is 18.2 Å². The average Bonchev–Trinajstić information content (AvgIpc) is 2.63. The third-order valence-electron chi connectivity index (χ3n) is 4.84. The molecule has 1 aliphatic rings. The van der Waals surface area contributed by atoms with E-state index in [0.717, 1.165) is 0 Å². The molecule has 0 radical (unpaired) electrons. The fourth-order valence-electron chi connectivity index (χ4n) is 3.65. The summed E-state index contributed by atoms with van der Waals surface area (Å²) in [4.78, 5) is 11.6. The summed E-state index contributed by atoms with van der Waals surface area (Å²) in [6.07, 6.45) is 3.82. The van der Waals surface area contributed by atoms with Crippen LogP contribution in [0.2, 0.25) is 5.04 Å². The van der Waals surface area contributed by atoms with Gasteiger partial charge in [0.25, 0.3) is 8.32 Å². The molecule has 0 spiro atoms. The second-order valence-corrected chi connectivity index (χ2v) is 12.0. The molecule has 3 rings (SSSR count). The standard InChI is InChI=1S/C22H26O3Si/c1-22(2,3)26(19-12-6-4-7-13-19,20-14-8-5-9-15-20)24-17-18-11-10-16-21(23)25-18/h4-10,12-16,18H,11,17H2,1-3H3/t18-/m1/s1. The van der Waals surface area contributed by atoms with Crippen molar-refractivity contribution in [2.75, 3.05) is 6.61 Å². The summed E-state index contributed by atoms with van der Waals surface area (Å²) < 4.78 is 12.2. The highest BCUT2D eigenvalue weighted by molar-refractivity contribution is 6.99. The van der Waals surface area contributed by atoms with E-state index >= 15 is 0 Å². The van der Waals surface area contributed by atoms with Crippen LogP contribution in [0.3, 0.4) is 0 Å². The first-order valence-electron chi connectivity index (χ1n) is 9.05. The second-order valence-electron chi connectivity index (χ2n) is 7.67. The van der Waals surface area contributed by atoms with Crippen LogP contribution in [0.5, 0.6) is 0 Å². The van der Waals surface area contributed by atoms with E-state index in [0.29, 0.717) is 13.0 Å². The van der Waals surface area contributed by atoms with Crippen molar-refractivity contribution in [1.29, 1.82) is 0 Å². The predicted molar refractivity (Wildman–Crippen MR) is 107 cm³/mol. The molecule has 4 heteroatoms. The Hall–Kier alpha value is -2.17. The minimum Gasteiger partial charge on any atom is -0.456 e. The molecular formula is C22H26O3Si. The second kappa shape index (κ2) is 7.60. The Kier molecular flexibility index (Phi) is 5.44. The van der Waals surface area contributed by atoms with Crippen LogP contribution in [-0.2, 0) is 14.0 Å². The lowest BCUT2D eigenvalue weighted by atomic mass is 10.2. The van der Waals surface area contributed by atoms with Gasteiger partial charge >= 0.3 is 5.97 Å². The van der Waals surface area contributed by atoms with Gasteiger partial charge in [0, 0.05) is 12.5 Å². The van der Waals surface area contributed by atoms with Gasteiger partial charge in [0.15, 0.2) is 0 Å². The lowest BCUT2D eigenvalue weighted by Gasteiger charge is -2.43. The number of carbonyl (C=O) groups is 1. The lowest BCUT2D eigenvalue weighted by Crippen LogP contribution is -2.67. The van der Waals surface area contributed by atoms with Crippen LogP contribution in [0.25, 0.3) is 0 Å². The molecule has 0 aliphatic carbocycles. The van der Waals surface area contributed by atoms with Crippen molar-refractivity contribution in [3.05, 3.63) is 72.8 Å². The molecule has 0 bridgehead atoms. The van der Waals surface area contributed by atoms with Crippen molar-refractivity contribution in [2.45, 2.75) is 38.3 Å². The maximum absolute atomic E-state index is 11.6. The number of benzene rings is 2. The third-order valence-corrected chi connectivity index (χ3v) is 9.84. The molecule has 2 aromatic rings. The quantitative estimate of drug-likeness (QED) is 0.601. The van der Waals surface area contributed by atoms with Crippen LogP contribution in [0, 0.1) is 0 Å². The van der Waals surface area contributed by atoms with Crippen molar-refractivity contribution in [1.82, 2.24) is 0 Å². The minimum absolute atomic E-state index is 0.0791. The van der Waals surface area contributed by atoms with Gasteiger partial charge in [-0.3, -0.25) is 0 Å². The van der Waals surface area contributed by atoms with Crippen LogP contribution >= 0.6 is 0 Å². The zero-order valence-corrected chi connectivity index (χ0v) is 16.6. The van der Waals surface area contributed by atoms with Crippen molar-refractivity contribution in [2.24, 2.45) is 0 Å². The highest BCUT2D eigenvalue weighted by Crippen LogP contribution is 2.37. The molecule has 0 fully saturated rings. The first-order valence-corrected chi connectivity index (χ1v) is 11.0. The molecule has 0 N–H and O–H groups in total. The molecule has 1 heterocycles. The van der Waals surface area contributed by atoms with Gasteiger partial charge in [0.1, 0.15) is 6.10 Å². The van der Waals surface area contributed by atoms with Crippen LogP contribution in [0.4, 0.5) is 0 Å². The smallest absolute Gasteiger partial charge is 0.330 e. The van der Waals surface area contributed by atoms with Crippen LogP contribution < -0.4 is 10.4 Å². The number of esters is 1. The maximum Gasteiger partial charge on any atom is 0.330 e. The van der Waals surface area contributed by atoms with E-state index in [9.17, 15) is 4.79 Å². The van der Waals surface area contributed by atoms with E-state index < -0.39 is 8.32 Å². The summed E-state index contributed by atoms with van der Waals surface area (Å²) in [6, 6.07) is 21.0. The monoisotopic (exact) mass is 366 g/mol. The summed E-state index contributed by atoms with van der Waals surface area (Å²) in [6.45, 7) is 7.13. The Morgan fingerprint density at radius 1 is 1.00 bits per heavy atom. The zero-order chi connectivity index (χ0) is 18.6. The van der Waals surface area contributed by atoms with Crippen molar-refractivity contribution in [3.63, 3.8) is 0 Å². The van der Waals surface area contributed by atoms with Crippen LogP contribution in [0.15, 0.2) is 72.8 Å². The lowest BCUT2D eigenvalue weighted by molar-refractivity contribution is -0.145. The van der Waals surface area contributed by atoms with E-state index in [4.69, 9.17) is 9.16 Å². The average molecular weight is 367 g/mol. The molecule has 0 saturated heterocycles. The van der Waals surface area contributed by atoms with Crippen molar-refractivity contribution in [3.8, 4) is 0 Å². The summed E-state index contributed by atoms with van der Waals surface area (Å²) in [7, 11) is -2.57. The molecule has 0 amide bonds. The van der Waals surface area contributed by atoms with Gasteiger partial charge in [-0.05, 0) is 15.4 Å². The minimum atomic E-state index is -2.57. The SMILES string of the molecule is CC(C)(C)[Si](OC[C@H]1CC=CC(=O)O1)(c1ccccc1)c1ccccc1. The first-order chi connectivity index (χ1) is 12.4. The van der Waals surface area contributed by atoms with Gasteiger partial charge in [-0.2, -0.15) is 0 Å². The van der Waals surface area contributed by atoms with Crippen molar-refractivity contribution < 1.29 is 14.0 Å². The van der Waals surface area contributed by atoms with Gasteiger partial charge in [-0.15, -0.1) is 0 Å². The topological polar surface area (TPSA) is 35.5 Å². The number of ether oxygens (including phenoxy) is 1. The fourth-order valence-corrected chi connectivity index (χ4v) is 8.24. The summed E-state index contributed by atoms with van der Waals surface area (Å²) in [5.41, 5.74) is 0. The highest BCUT2D eigenvalue weighted by atomic mass is 28.4. The van der Waals surface area contributed by atoms with Gasteiger partial charge in [0.05, 0.1) is 6.61 Å². The molecule has 0 saturated carbocycles. The van der Waals surface area contributed by atoms with Crippen LogP contribution in [-0.4, -0.2) is 27.0 Å².